The summed E-state index contributed by atoms with van der Waals surface area (Å²) in [6.07, 6.45) is -1.25. The standard InChI is InChI=1S/C20H21ClF3N5O2/c21-13-8-10(2-4-14(13)22)17-16(19(25)30)15-9-28(5-6-29(15)27-17)20(31)26-12-3-1-11(7-12)18(23)24/h2,4,8,11-12,18H,1,3,5-7,9H2,(H2,25,30)(H,26,31)/t11-,12-/m0/s1. The number of fused-ring (bicyclic) bond motifs is 1. The van der Waals surface area contributed by atoms with Gasteiger partial charge in [0.05, 0.1) is 29.4 Å². The van der Waals surface area contributed by atoms with Crippen LogP contribution in [0.2, 0.25) is 5.02 Å². The van der Waals surface area contributed by atoms with E-state index in [0.29, 0.717) is 37.2 Å². The summed E-state index contributed by atoms with van der Waals surface area (Å²) >= 11 is 5.86. The molecule has 2 aliphatic rings. The van der Waals surface area contributed by atoms with Gasteiger partial charge in [0.2, 0.25) is 6.43 Å². The Kier molecular flexibility index (Phi) is 5.83. The molecule has 1 aromatic carbocycles. The maximum Gasteiger partial charge on any atom is 0.318 e. The Morgan fingerprint density at radius 3 is 2.68 bits per heavy atom. The Hall–Kier alpha value is -2.75. The van der Waals surface area contributed by atoms with E-state index in [2.05, 4.69) is 10.4 Å². The van der Waals surface area contributed by atoms with Crippen molar-refractivity contribution in [1.29, 1.82) is 0 Å². The summed E-state index contributed by atoms with van der Waals surface area (Å²) in [6.45, 7) is 0.729. The van der Waals surface area contributed by atoms with E-state index in [1.807, 2.05) is 0 Å². The van der Waals surface area contributed by atoms with Crippen LogP contribution in [0.5, 0.6) is 0 Å². The molecule has 0 unspecified atom stereocenters. The summed E-state index contributed by atoms with van der Waals surface area (Å²) in [7, 11) is 0. The van der Waals surface area contributed by atoms with Crippen molar-refractivity contribution in [3.63, 3.8) is 0 Å². The van der Waals surface area contributed by atoms with Gasteiger partial charge in [0.25, 0.3) is 5.91 Å². The first-order valence-corrected chi connectivity index (χ1v) is 10.3. The normalized spacial score (nSPS) is 20.7. The van der Waals surface area contributed by atoms with E-state index in [1.54, 1.807) is 4.68 Å². The molecule has 3 N–H and O–H groups in total. The molecule has 1 aliphatic carbocycles. The highest BCUT2D eigenvalue weighted by molar-refractivity contribution is 6.31. The highest BCUT2D eigenvalue weighted by Crippen LogP contribution is 2.32. The molecular formula is C20H21ClF3N5O2. The van der Waals surface area contributed by atoms with E-state index in [4.69, 9.17) is 17.3 Å². The van der Waals surface area contributed by atoms with Crippen molar-refractivity contribution in [3.05, 3.63) is 40.3 Å². The third-order valence-corrected chi connectivity index (χ3v) is 6.15. The zero-order chi connectivity index (χ0) is 22.3. The number of halogens is 4. The molecule has 0 radical (unpaired) electrons. The molecule has 1 aliphatic heterocycles. The molecular weight excluding hydrogens is 435 g/mol. The fraction of sp³-hybridized carbons (Fsp3) is 0.450. The number of alkyl halides is 2. The van der Waals surface area contributed by atoms with Crippen LogP contribution >= 0.6 is 11.6 Å². The number of hydrogen-bond donors (Lipinski definition) is 2. The van der Waals surface area contributed by atoms with E-state index in [0.717, 1.165) is 0 Å². The maximum atomic E-state index is 13.5. The van der Waals surface area contributed by atoms with Gasteiger partial charge in [-0.1, -0.05) is 11.6 Å². The SMILES string of the molecule is NC(=O)c1c(-c2ccc(F)c(Cl)c2)nn2c1CN(C(=O)N[C@H]1CC[C@H](C(F)F)C1)CC2. The average molecular weight is 456 g/mol. The Balaban J connectivity index is 1.55. The lowest BCUT2D eigenvalue weighted by molar-refractivity contribution is 0.0792. The number of nitrogens with one attached hydrogen (secondary N) is 1. The monoisotopic (exact) mass is 455 g/mol. The first-order valence-electron chi connectivity index (χ1n) is 9.93. The van der Waals surface area contributed by atoms with Crippen LogP contribution in [0, 0.1) is 11.7 Å². The van der Waals surface area contributed by atoms with E-state index < -0.39 is 24.1 Å². The summed E-state index contributed by atoms with van der Waals surface area (Å²) in [5.74, 6) is -2.02. The van der Waals surface area contributed by atoms with Crippen molar-refractivity contribution in [3.8, 4) is 11.3 Å². The van der Waals surface area contributed by atoms with Gasteiger partial charge >= 0.3 is 6.03 Å². The average Bonchev–Trinajstić information content (AvgIpc) is 3.34. The number of nitrogens with two attached hydrogens (primary N) is 1. The molecule has 2 aromatic rings. The molecule has 7 nitrogen and oxygen atoms in total. The summed E-state index contributed by atoms with van der Waals surface area (Å²) in [6, 6.07) is 3.31. The molecule has 0 saturated heterocycles. The highest BCUT2D eigenvalue weighted by atomic mass is 35.5. The number of benzene rings is 1. The van der Waals surface area contributed by atoms with Crippen LogP contribution in [0.15, 0.2) is 18.2 Å². The molecule has 1 fully saturated rings. The molecule has 1 saturated carbocycles. The number of primary amides is 1. The third kappa shape index (κ3) is 4.21. The quantitative estimate of drug-likeness (QED) is 0.740. The van der Waals surface area contributed by atoms with E-state index in [1.165, 1.54) is 23.1 Å². The van der Waals surface area contributed by atoms with Crippen molar-refractivity contribution in [2.24, 2.45) is 11.7 Å². The third-order valence-electron chi connectivity index (χ3n) is 5.86. The predicted molar refractivity (Wildman–Crippen MR) is 107 cm³/mol. The molecule has 1 aromatic heterocycles. The minimum absolute atomic E-state index is 0.0804. The molecule has 0 bridgehead atoms. The Morgan fingerprint density at radius 1 is 1.26 bits per heavy atom. The number of rotatable bonds is 4. The summed E-state index contributed by atoms with van der Waals surface area (Å²) < 4.78 is 40.9. The van der Waals surface area contributed by atoms with Gasteiger partial charge in [-0.3, -0.25) is 9.48 Å². The second kappa shape index (κ2) is 8.41. The second-order valence-electron chi connectivity index (χ2n) is 7.86. The number of aromatic nitrogens is 2. The van der Waals surface area contributed by atoms with Crippen LogP contribution in [-0.2, 0) is 13.1 Å². The van der Waals surface area contributed by atoms with Crippen molar-refractivity contribution in [1.82, 2.24) is 20.0 Å². The lowest BCUT2D eigenvalue weighted by Gasteiger charge is -2.29. The van der Waals surface area contributed by atoms with Crippen molar-refractivity contribution >= 4 is 23.5 Å². The van der Waals surface area contributed by atoms with Gasteiger partial charge in [0.1, 0.15) is 11.5 Å². The molecule has 11 heteroatoms. The van der Waals surface area contributed by atoms with Gasteiger partial charge in [-0.05, 0) is 37.5 Å². The second-order valence-corrected chi connectivity index (χ2v) is 8.27. The minimum atomic E-state index is -2.39. The van der Waals surface area contributed by atoms with Gasteiger partial charge < -0.3 is 16.0 Å². The van der Waals surface area contributed by atoms with Crippen molar-refractivity contribution < 1.29 is 22.8 Å². The predicted octanol–water partition coefficient (Wildman–Crippen LogP) is 3.40. The van der Waals surface area contributed by atoms with Crippen molar-refractivity contribution in [2.45, 2.75) is 44.8 Å². The van der Waals surface area contributed by atoms with Crippen LogP contribution < -0.4 is 11.1 Å². The molecule has 166 valence electrons. The van der Waals surface area contributed by atoms with Gasteiger partial charge in [-0.25, -0.2) is 18.0 Å². The topological polar surface area (TPSA) is 93.2 Å². The molecule has 2 atom stereocenters. The van der Waals surface area contributed by atoms with Gasteiger partial charge in [-0.2, -0.15) is 5.10 Å². The van der Waals surface area contributed by atoms with Crippen LogP contribution in [0.25, 0.3) is 11.3 Å². The van der Waals surface area contributed by atoms with Gasteiger partial charge in [-0.15, -0.1) is 0 Å². The lowest BCUT2D eigenvalue weighted by Crippen LogP contribution is -2.47. The number of amides is 3. The highest BCUT2D eigenvalue weighted by Gasteiger charge is 2.34. The summed E-state index contributed by atoms with van der Waals surface area (Å²) in [5, 5.41) is 7.13. The van der Waals surface area contributed by atoms with Crippen molar-refractivity contribution in [2.75, 3.05) is 6.54 Å². The molecule has 4 rings (SSSR count). The fourth-order valence-corrected chi connectivity index (χ4v) is 4.42. The van der Waals surface area contributed by atoms with Crippen LogP contribution in [0.4, 0.5) is 18.0 Å². The van der Waals surface area contributed by atoms with Gasteiger partial charge in [0, 0.05) is 24.1 Å². The number of hydrogen-bond acceptors (Lipinski definition) is 3. The zero-order valence-corrected chi connectivity index (χ0v) is 17.2. The summed E-state index contributed by atoms with van der Waals surface area (Å²) in [4.78, 5) is 26.4. The van der Waals surface area contributed by atoms with Crippen LogP contribution in [0.3, 0.4) is 0 Å². The Labute approximate surface area is 181 Å². The molecule has 0 spiro atoms. The number of carbonyl (C=O) groups excluding carboxylic acids is 2. The minimum Gasteiger partial charge on any atom is -0.365 e. The zero-order valence-electron chi connectivity index (χ0n) is 16.5. The fourth-order valence-electron chi connectivity index (χ4n) is 4.24. The Morgan fingerprint density at radius 2 is 2.03 bits per heavy atom. The van der Waals surface area contributed by atoms with E-state index in [-0.39, 0.29) is 41.3 Å². The smallest absolute Gasteiger partial charge is 0.318 e. The molecule has 3 amide bonds. The first kappa shape index (κ1) is 21.5. The number of nitrogens with zero attached hydrogens (tertiary/aromatic N) is 3. The Bertz CT molecular complexity index is 1030. The number of carbonyl (C=O) groups is 2. The van der Waals surface area contributed by atoms with E-state index in [9.17, 15) is 22.8 Å². The summed E-state index contributed by atoms with van der Waals surface area (Å²) in [5.41, 5.74) is 6.89. The van der Waals surface area contributed by atoms with Gasteiger partial charge in [0.15, 0.2) is 0 Å². The van der Waals surface area contributed by atoms with Crippen LogP contribution in [-0.4, -0.2) is 45.6 Å². The van der Waals surface area contributed by atoms with Crippen LogP contribution in [0.1, 0.15) is 35.3 Å². The number of urea groups is 1. The van der Waals surface area contributed by atoms with E-state index >= 15 is 0 Å². The first-order chi connectivity index (χ1) is 14.7. The lowest BCUT2D eigenvalue weighted by atomic mass is 10.0. The molecule has 31 heavy (non-hydrogen) atoms. The maximum absolute atomic E-state index is 13.5. The molecule has 2 heterocycles. The largest absolute Gasteiger partial charge is 0.365 e.